The molecular formula is C12H14F3NO. The normalized spacial score (nSPS) is 17.6. The number of ether oxygens (including phenoxy) is 1. The van der Waals surface area contributed by atoms with Crippen LogP contribution in [0.1, 0.15) is 6.42 Å². The summed E-state index contributed by atoms with van der Waals surface area (Å²) >= 11 is 0. The van der Waals surface area contributed by atoms with Gasteiger partial charge in [-0.05, 0) is 6.42 Å². The van der Waals surface area contributed by atoms with Crippen molar-refractivity contribution in [3.8, 4) is 5.75 Å². The van der Waals surface area contributed by atoms with Crippen molar-refractivity contribution >= 4 is 0 Å². The zero-order valence-corrected chi connectivity index (χ0v) is 9.31. The van der Waals surface area contributed by atoms with Gasteiger partial charge in [0.15, 0.2) is 0 Å². The third-order valence-corrected chi connectivity index (χ3v) is 3.02. The van der Waals surface area contributed by atoms with Crippen molar-refractivity contribution < 1.29 is 17.9 Å². The van der Waals surface area contributed by atoms with Crippen LogP contribution in [0, 0.1) is 17.0 Å². The first-order valence-corrected chi connectivity index (χ1v) is 5.49. The molecule has 0 aliphatic carbocycles. The second kappa shape index (κ2) is 4.96. The fourth-order valence-corrected chi connectivity index (χ4v) is 1.81. The van der Waals surface area contributed by atoms with Gasteiger partial charge in [0, 0.05) is 36.7 Å². The summed E-state index contributed by atoms with van der Waals surface area (Å²) in [5.41, 5.74) is -0.355. The largest absolute Gasteiger partial charge is 0.493 e. The van der Waals surface area contributed by atoms with Crippen LogP contribution in [0.25, 0.3) is 0 Å². The molecule has 0 unspecified atom stereocenters. The Morgan fingerprint density at radius 3 is 2.29 bits per heavy atom. The molecule has 1 fully saturated rings. The first kappa shape index (κ1) is 12.2. The summed E-state index contributed by atoms with van der Waals surface area (Å²) in [6.45, 7) is 1.12. The molecule has 0 spiro atoms. The number of nitrogens with one attached hydrogen (secondary N) is 1. The maximum atomic E-state index is 12.8. The highest BCUT2D eigenvalue weighted by Gasteiger charge is 2.36. The van der Waals surface area contributed by atoms with E-state index in [0.29, 0.717) is 19.5 Å². The van der Waals surface area contributed by atoms with Gasteiger partial charge in [-0.2, -0.15) is 0 Å². The van der Waals surface area contributed by atoms with Crippen LogP contribution in [0.15, 0.2) is 18.2 Å². The zero-order valence-electron chi connectivity index (χ0n) is 9.31. The van der Waals surface area contributed by atoms with E-state index in [0.717, 1.165) is 18.2 Å². The van der Waals surface area contributed by atoms with Gasteiger partial charge in [0.25, 0.3) is 0 Å². The van der Waals surface area contributed by atoms with Crippen LogP contribution < -0.4 is 10.1 Å². The molecule has 2 nitrogen and oxygen atoms in total. The van der Waals surface area contributed by atoms with Crippen molar-refractivity contribution in [3.63, 3.8) is 0 Å². The lowest BCUT2D eigenvalue weighted by Crippen LogP contribution is -2.55. The summed E-state index contributed by atoms with van der Waals surface area (Å²) in [5.74, 6) is -1.21. The first-order valence-electron chi connectivity index (χ1n) is 5.49. The van der Waals surface area contributed by atoms with Crippen LogP contribution in [0.4, 0.5) is 13.2 Å². The molecule has 94 valence electrons. The van der Waals surface area contributed by atoms with E-state index in [1.807, 2.05) is 0 Å². The monoisotopic (exact) mass is 245 g/mol. The van der Waals surface area contributed by atoms with Gasteiger partial charge >= 0.3 is 0 Å². The minimum Gasteiger partial charge on any atom is -0.493 e. The predicted molar refractivity (Wildman–Crippen MR) is 57.7 cm³/mol. The van der Waals surface area contributed by atoms with Crippen molar-refractivity contribution in [1.29, 1.82) is 0 Å². The summed E-state index contributed by atoms with van der Waals surface area (Å²) in [4.78, 5) is 0. The molecule has 0 atom stereocenters. The number of rotatable bonds is 5. The SMILES string of the molecule is FCC1(CCOc2cc(F)cc(F)c2)CNC1. The van der Waals surface area contributed by atoms with E-state index in [4.69, 9.17) is 4.74 Å². The number of hydrogen-bond donors (Lipinski definition) is 1. The second-order valence-corrected chi connectivity index (χ2v) is 4.44. The quantitative estimate of drug-likeness (QED) is 0.859. The lowest BCUT2D eigenvalue weighted by Gasteiger charge is -2.40. The van der Waals surface area contributed by atoms with Crippen LogP contribution >= 0.6 is 0 Å². The molecule has 1 heterocycles. The molecule has 0 saturated carbocycles. The summed E-state index contributed by atoms with van der Waals surface area (Å²) in [5, 5.41) is 3.00. The number of halogens is 3. The molecule has 1 saturated heterocycles. The zero-order chi connectivity index (χ0) is 12.3. The average Bonchev–Trinajstić information content (AvgIpc) is 2.20. The molecule has 0 bridgehead atoms. The smallest absolute Gasteiger partial charge is 0.129 e. The molecule has 17 heavy (non-hydrogen) atoms. The standard InChI is InChI=1S/C12H14F3NO/c13-6-12(7-16-8-12)1-2-17-11-4-9(14)3-10(15)5-11/h3-5,16H,1-2,6-8H2. The van der Waals surface area contributed by atoms with Crippen molar-refractivity contribution in [2.45, 2.75) is 6.42 Å². The maximum Gasteiger partial charge on any atom is 0.129 e. The van der Waals surface area contributed by atoms with Crippen LogP contribution in [-0.4, -0.2) is 26.4 Å². The van der Waals surface area contributed by atoms with Crippen LogP contribution in [-0.2, 0) is 0 Å². The Balaban J connectivity index is 1.85. The Hall–Kier alpha value is -1.23. The molecule has 5 heteroatoms. The molecule has 0 radical (unpaired) electrons. The minimum absolute atomic E-state index is 0.142. The minimum atomic E-state index is -0.675. The number of hydrogen-bond acceptors (Lipinski definition) is 2. The van der Waals surface area contributed by atoms with Gasteiger partial charge < -0.3 is 10.1 Å². The lowest BCUT2D eigenvalue weighted by atomic mass is 9.80. The highest BCUT2D eigenvalue weighted by Crippen LogP contribution is 2.28. The van der Waals surface area contributed by atoms with Crippen LogP contribution in [0.3, 0.4) is 0 Å². The van der Waals surface area contributed by atoms with Crippen molar-refractivity contribution in [3.05, 3.63) is 29.8 Å². The number of benzene rings is 1. The Kier molecular flexibility index (Phi) is 3.57. The average molecular weight is 245 g/mol. The van der Waals surface area contributed by atoms with Gasteiger partial charge in [0.1, 0.15) is 17.4 Å². The van der Waals surface area contributed by atoms with Gasteiger partial charge in [-0.3, -0.25) is 4.39 Å². The molecular weight excluding hydrogens is 231 g/mol. The van der Waals surface area contributed by atoms with Crippen LogP contribution in [0.5, 0.6) is 5.75 Å². The fraction of sp³-hybridized carbons (Fsp3) is 0.500. The van der Waals surface area contributed by atoms with Gasteiger partial charge in [-0.25, -0.2) is 8.78 Å². The van der Waals surface area contributed by atoms with E-state index in [9.17, 15) is 13.2 Å². The fourth-order valence-electron chi connectivity index (χ4n) is 1.81. The van der Waals surface area contributed by atoms with E-state index in [-0.39, 0.29) is 17.8 Å². The Morgan fingerprint density at radius 2 is 1.82 bits per heavy atom. The molecule has 1 aliphatic heterocycles. The van der Waals surface area contributed by atoms with E-state index in [1.54, 1.807) is 0 Å². The predicted octanol–water partition coefficient (Wildman–Crippen LogP) is 2.29. The topological polar surface area (TPSA) is 21.3 Å². The number of alkyl halides is 1. The Labute approximate surface area is 97.8 Å². The third kappa shape index (κ3) is 2.91. The summed E-state index contributed by atoms with van der Waals surface area (Å²) in [6, 6.07) is 3.01. The van der Waals surface area contributed by atoms with E-state index in [1.165, 1.54) is 0 Å². The molecule has 2 rings (SSSR count). The molecule has 0 amide bonds. The van der Waals surface area contributed by atoms with Gasteiger partial charge in [-0.15, -0.1) is 0 Å². The second-order valence-electron chi connectivity index (χ2n) is 4.44. The third-order valence-electron chi connectivity index (χ3n) is 3.02. The summed E-state index contributed by atoms with van der Waals surface area (Å²) in [7, 11) is 0. The van der Waals surface area contributed by atoms with Crippen molar-refractivity contribution in [2.24, 2.45) is 5.41 Å². The lowest BCUT2D eigenvalue weighted by molar-refractivity contribution is 0.0867. The maximum absolute atomic E-state index is 12.8. The highest BCUT2D eigenvalue weighted by atomic mass is 19.1. The Bertz CT molecular complexity index is 368. The van der Waals surface area contributed by atoms with E-state index >= 15 is 0 Å². The van der Waals surface area contributed by atoms with E-state index < -0.39 is 18.3 Å². The van der Waals surface area contributed by atoms with Crippen molar-refractivity contribution in [1.82, 2.24) is 5.32 Å². The first-order chi connectivity index (χ1) is 8.13. The molecule has 1 aliphatic rings. The molecule has 1 N–H and O–H groups in total. The van der Waals surface area contributed by atoms with Gasteiger partial charge in [-0.1, -0.05) is 0 Å². The molecule has 0 aromatic heterocycles. The molecule has 1 aromatic carbocycles. The van der Waals surface area contributed by atoms with Crippen LogP contribution in [0.2, 0.25) is 0 Å². The van der Waals surface area contributed by atoms with Gasteiger partial charge in [0.05, 0.1) is 13.3 Å². The van der Waals surface area contributed by atoms with Gasteiger partial charge in [0.2, 0.25) is 0 Å². The summed E-state index contributed by atoms with van der Waals surface area (Å²) in [6.07, 6.45) is 0.536. The van der Waals surface area contributed by atoms with Crippen molar-refractivity contribution in [2.75, 3.05) is 26.4 Å². The summed E-state index contributed by atoms with van der Waals surface area (Å²) < 4.78 is 43.6. The van der Waals surface area contributed by atoms with E-state index in [2.05, 4.69) is 5.32 Å². The Morgan fingerprint density at radius 1 is 1.18 bits per heavy atom. The highest BCUT2D eigenvalue weighted by molar-refractivity contribution is 5.23. The molecule has 1 aromatic rings.